The molecule has 6 nitrogen and oxygen atoms in total. The lowest BCUT2D eigenvalue weighted by atomic mass is 9.75. The van der Waals surface area contributed by atoms with E-state index in [4.69, 9.17) is 4.74 Å². The molecule has 0 spiro atoms. The highest BCUT2D eigenvalue weighted by atomic mass is 19.1. The molecular weight excluding hydrogens is 363 g/mol. The van der Waals surface area contributed by atoms with Gasteiger partial charge in [-0.3, -0.25) is 19.3 Å². The van der Waals surface area contributed by atoms with Crippen molar-refractivity contribution in [2.24, 2.45) is 5.92 Å². The highest BCUT2D eigenvalue weighted by molar-refractivity contribution is 6.10. The van der Waals surface area contributed by atoms with E-state index in [1.54, 1.807) is 6.07 Å². The van der Waals surface area contributed by atoms with Crippen LogP contribution in [-0.2, 0) is 24.5 Å². The fraction of sp³-hybridized carbons (Fsp3) is 0.571. The van der Waals surface area contributed by atoms with Gasteiger partial charge in [0.05, 0.1) is 18.6 Å². The van der Waals surface area contributed by atoms with Crippen LogP contribution in [0.3, 0.4) is 0 Å². The molecule has 28 heavy (non-hydrogen) atoms. The molecular formula is C21H25FN2O4. The molecule has 2 bridgehead atoms. The Morgan fingerprint density at radius 2 is 2.07 bits per heavy atom. The molecule has 0 aromatic heterocycles. The number of benzene rings is 1. The lowest BCUT2D eigenvalue weighted by Gasteiger charge is -2.32. The Balaban J connectivity index is 1.67. The fourth-order valence-corrected chi connectivity index (χ4v) is 5.09. The van der Waals surface area contributed by atoms with Crippen molar-refractivity contribution in [1.29, 1.82) is 0 Å². The summed E-state index contributed by atoms with van der Waals surface area (Å²) in [6, 6.07) is 6.18. The lowest BCUT2D eigenvalue weighted by molar-refractivity contribution is -0.143. The van der Waals surface area contributed by atoms with Crippen molar-refractivity contribution < 1.29 is 23.5 Å². The Labute approximate surface area is 163 Å². The van der Waals surface area contributed by atoms with Crippen molar-refractivity contribution in [3.63, 3.8) is 0 Å². The zero-order chi connectivity index (χ0) is 19.9. The molecule has 0 unspecified atom stereocenters. The van der Waals surface area contributed by atoms with Crippen LogP contribution in [-0.4, -0.2) is 60.4 Å². The number of likely N-dealkylation sites (tertiary alicyclic amines) is 2. The van der Waals surface area contributed by atoms with E-state index < -0.39 is 17.1 Å². The first-order chi connectivity index (χ1) is 13.5. The Hall–Kier alpha value is -2.28. The third-order valence-electron chi connectivity index (χ3n) is 6.50. The average molecular weight is 388 g/mol. The number of fused-ring (bicyclic) bond motifs is 2. The molecule has 0 radical (unpaired) electrons. The van der Waals surface area contributed by atoms with Gasteiger partial charge in [0.25, 0.3) is 0 Å². The molecule has 3 amide bonds. The Morgan fingerprint density at radius 1 is 1.29 bits per heavy atom. The van der Waals surface area contributed by atoms with Crippen molar-refractivity contribution in [1.82, 2.24) is 9.80 Å². The summed E-state index contributed by atoms with van der Waals surface area (Å²) in [7, 11) is 1.49. The molecule has 150 valence electrons. The van der Waals surface area contributed by atoms with Crippen LogP contribution in [0, 0.1) is 11.7 Å². The molecule has 1 aliphatic carbocycles. The maximum atomic E-state index is 14.7. The first-order valence-electron chi connectivity index (χ1n) is 9.84. The van der Waals surface area contributed by atoms with Gasteiger partial charge in [0.15, 0.2) is 0 Å². The van der Waals surface area contributed by atoms with Gasteiger partial charge in [-0.2, -0.15) is 0 Å². The van der Waals surface area contributed by atoms with Gasteiger partial charge in [0.2, 0.25) is 17.7 Å². The third kappa shape index (κ3) is 3.02. The molecule has 4 rings (SSSR count). The van der Waals surface area contributed by atoms with Gasteiger partial charge in [0, 0.05) is 38.1 Å². The first kappa shape index (κ1) is 19.1. The van der Waals surface area contributed by atoms with Gasteiger partial charge >= 0.3 is 0 Å². The second-order valence-electron chi connectivity index (χ2n) is 8.14. The molecule has 2 saturated heterocycles. The van der Waals surface area contributed by atoms with E-state index in [0.717, 1.165) is 24.2 Å². The maximum Gasteiger partial charge on any atom is 0.241 e. The quantitative estimate of drug-likeness (QED) is 0.698. The van der Waals surface area contributed by atoms with Gasteiger partial charge in [0.1, 0.15) is 5.82 Å². The van der Waals surface area contributed by atoms with Gasteiger partial charge < -0.3 is 9.64 Å². The van der Waals surface area contributed by atoms with Crippen LogP contribution in [0.5, 0.6) is 0 Å². The number of amides is 3. The van der Waals surface area contributed by atoms with Crippen LogP contribution in [0.25, 0.3) is 0 Å². The van der Waals surface area contributed by atoms with E-state index in [-0.39, 0.29) is 49.4 Å². The molecule has 3 atom stereocenters. The summed E-state index contributed by atoms with van der Waals surface area (Å²) in [5, 5.41) is 0. The first-order valence-corrected chi connectivity index (χ1v) is 9.84. The van der Waals surface area contributed by atoms with E-state index in [1.807, 2.05) is 4.90 Å². The lowest BCUT2D eigenvalue weighted by Crippen LogP contribution is -2.46. The number of methoxy groups -OCH3 is 1. The highest BCUT2D eigenvalue weighted by Crippen LogP contribution is 2.43. The predicted molar refractivity (Wildman–Crippen MR) is 98.8 cm³/mol. The number of hydrogen-bond acceptors (Lipinski definition) is 4. The largest absolute Gasteiger partial charge is 0.383 e. The standard InChI is InChI=1S/C21H25FN2O4/c1-28-9-8-23-18(25)11-21(20(23)27,16-4-2-3-5-17(16)22)12-19(26)24-13-14-6-7-15(24)10-14/h2-5,14-15H,6-13H2,1H3/t14-,15-,21+/m1/s1. The van der Waals surface area contributed by atoms with E-state index >= 15 is 0 Å². The van der Waals surface area contributed by atoms with Crippen molar-refractivity contribution in [2.75, 3.05) is 26.8 Å². The molecule has 3 aliphatic rings. The second kappa shape index (κ2) is 7.28. The van der Waals surface area contributed by atoms with E-state index in [1.165, 1.54) is 25.3 Å². The van der Waals surface area contributed by atoms with E-state index in [2.05, 4.69) is 0 Å². The normalized spacial score (nSPS) is 29.2. The van der Waals surface area contributed by atoms with Crippen molar-refractivity contribution in [3.8, 4) is 0 Å². The van der Waals surface area contributed by atoms with E-state index in [0.29, 0.717) is 12.5 Å². The number of ether oxygens (including phenoxy) is 1. The second-order valence-corrected chi connectivity index (χ2v) is 8.14. The van der Waals surface area contributed by atoms with Crippen LogP contribution in [0.1, 0.15) is 37.7 Å². The minimum Gasteiger partial charge on any atom is -0.383 e. The minimum absolute atomic E-state index is 0.104. The number of carbonyl (C=O) groups is 3. The summed E-state index contributed by atoms with van der Waals surface area (Å²) < 4.78 is 19.7. The monoisotopic (exact) mass is 388 g/mol. The number of hydrogen-bond donors (Lipinski definition) is 0. The summed E-state index contributed by atoms with van der Waals surface area (Å²) in [6.07, 6.45) is 2.76. The molecule has 1 saturated carbocycles. The van der Waals surface area contributed by atoms with Crippen molar-refractivity contribution in [2.45, 2.75) is 43.6 Å². The maximum absolute atomic E-state index is 14.7. The van der Waals surface area contributed by atoms with Crippen LogP contribution in [0.4, 0.5) is 4.39 Å². The molecule has 1 aromatic carbocycles. The Bertz CT molecular complexity index is 813. The fourth-order valence-electron chi connectivity index (χ4n) is 5.09. The molecule has 0 N–H and O–H groups in total. The summed E-state index contributed by atoms with van der Waals surface area (Å²) in [4.78, 5) is 42.0. The summed E-state index contributed by atoms with van der Waals surface area (Å²) in [5.74, 6) is -1.09. The van der Waals surface area contributed by atoms with Gasteiger partial charge in [-0.1, -0.05) is 18.2 Å². The van der Waals surface area contributed by atoms with Gasteiger partial charge in [-0.25, -0.2) is 4.39 Å². The van der Waals surface area contributed by atoms with Gasteiger partial charge in [-0.05, 0) is 31.2 Å². The summed E-state index contributed by atoms with van der Waals surface area (Å²) in [6.45, 7) is 1.01. The van der Waals surface area contributed by atoms with Crippen LogP contribution in [0.2, 0.25) is 0 Å². The van der Waals surface area contributed by atoms with Crippen molar-refractivity contribution in [3.05, 3.63) is 35.6 Å². The topological polar surface area (TPSA) is 66.9 Å². The zero-order valence-corrected chi connectivity index (χ0v) is 16.0. The van der Waals surface area contributed by atoms with Crippen LogP contribution >= 0.6 is 0 Å². The van der Waals surface area contributed by atoms with Crippen LogP contribution in [0.15, 0.2) is 24.3 Å². The third-order valence-corrected chi connectivity index (χ3v) is 6.50. The number of nitrogens with zero attached hydrogens (tertiary/aromatic N) is 2. The average Bonchev–Trinajstić information content (AvgIpc) is 3.36. The van der Waals surface area contributed by atoms with Crippen molar-refractivity contribution >= 4 is 17.7 Å². The molecule has 1 aromatic rings. The summed E-state index contributed by atoms with van der Waals surface area (Å²) >= 11 is 0. The smallest absolute Gasteiger partial charge is 0.241 e. The predicted octanol–water partition coefficient (Wildman–Crippen LogP) is 1.87. The number of piperidine rings is 1. The minimum atomic E-state index is -1.48. The molecule has 2 aliphatic heterocycles. The zero-order valence-electron chi connectivity index (χ0n) is 16.0. The Morgan fingerprint density at radius 3 is 2.71 bits per heavy atom. The van der Waals surface area contributed by atoms with Gasteiger partial charge in [-0.15, -0.1) is 0 Å². The number of imide groups is 1. The SMILES string of the molecule is COCCN1C(=O)C[C@](CC(=O)N2C[C@@H]3CC[C@@H]2C3)(c2ccccc2F)C1=O. The highest BCUT2D eigenvalue weighted by Gasteiger charge is 2.55. The Kier molecular flexibility index (Phi) is 4.95. The molecule has 3 fully saturated rings. The molecule has 7 heteroatoms. The summed E-state index contributed by atoms with van der Waals surface area (Å²) in [5.41, 5.74) is -1.35. The van der Waals surface area contributed by atoms with E-state index in [9.17, 15) is 18.8 Å². The number of rotatable bonds is 6. The van der Waals surface area contributed by atoms with Crippen LogP contribution < -0.4 is 0 Å². The number of halogens is 1. The molecule has 2 heterocycles. The number of carbonyl (C=O) groups excluding carboxylic acids is 3.